The summed E-state index contributed by atoms with van der Waals surface area (Å²) in [4.78, 5) is 44.9. The van der Waals surface area contributed by atoms with E-state index >= 15 is 0 Å². The van der Waals surface area contributed by atoms with Gasteiger partial charge in [-0.15, -0.1) is 0 Å². The van der Waals surface area contributed by atoms with Gasteiger partial charge in [0.05, 0.1) is 6.04 Å². The highest BCUT2D eigenvalue weighted by atomic mass is 16.6. The zero-order valence-electron chi connectivity index (χ0n) is 19.4. The highest BCUT2D eigenvalue weighted by Gasteiger charge is 2.29. The molecule has 2 aromatic carbocycles. The van der Waals surface area contributed by atoms with Crippen LogP contribution in [0.3, 0.4) is 0 Å². The number of amides is 4. The number of ether oxygens (including phenoxy) is 2. The number of para-hydroxylation sites is 1. The van der Waals surface area contributed by atoms with E-state index in [-0.39, 0.29) is 5.91 Å². The predicted octanol–water partition coefficient (Wildman–Crippen LogP) is 2.43. The van der Waals surface area contributed by atoms with E-state index in [1.54, 1.807) is 30.0 Å². The molecule has 1 atom stereocenters. The summed E-state index contributed by atoms with van der Waals surface area (Å²) in [7, 11) is 0. The normalized spacial score (nSPS) is 16.5. The van der Waals surface area contributed by atoms with Gasteiger partial charge in [-0.2, -0.15) is 0 Å². The van der Waals surface area contributed by atoms with Gasteiger partial charge in [-0.05, 0) is 31.2 Å². The number of benzene rings is 2. The lowest BCUT2D eigenvalue weighted by atomic mass is 10.2. The smallest absolute Gasteiger partial charge is 0.325 e. The molecule has 4 amide bonds. The Morgan fingerprint density at radius 3 is 2.46 bits per heavy atom. The second-order valence-electron chi connectivity index (χ2n) is 8.58. The van der Waals surface area contributed by atoms with Crippen molar-refractivity contribution in [3.8, 4) is 11.5 Å². The van der Waals surface area contributed by atoms with Crippen LogP contribution in [0.2, 0.25) is 0 Å². The van der Waals surface area contributed by atoms with Crippen molar-refractivity contribution in [3.63, 3.8) is 0 Å². The SMILES string of the molecule is CC(C(=O)NC(=O)Nc1ccc2c(c1)OCCO2)N1CCN(C(=O)c2cc3ccccc3[nH]2)CC1. The van der Waals surface area contributed by atoms with Gasteiger partial charge in [0.15, 0.2) is 11.5 Å². The van der Waals surface area contributed by atoms with Gasteiger partial charge in [-0.1, -0.05) is 18.2 Å². The van der Waals surface area contributed by atoms with Crippen LogP contribution in [0, 0.1) is 0 Å². The number of fused-ring (bicyclic) bond motifs is 2. The number of rotatable bonds is 4. The van der Waals surface area contributed by atoms with Crippen molar-refractivity contribution in [3.05, 3.63) is 54.2 Å². The molecule has 1 aromatic heterocycles. The average Bonchev–Trinajstić information content (AvgIpc) is 3.32. The number of carbonyl (C=O) groups is 3. The Labute approximate surface area is 202 Å². The molecule has 1 unspecified atom stereocenters. The molecule has 0 radical (unpaired) electrons. The van der Waals surface area contributed by atoms with Gasteiger partial charge in [0.25, 0.3) is 5.91 Å². The first-order chi connectivity index (χ1) is 17.0. The minimum absolute atomic E-state index is 0.0586. The third-order valence-corrected chi connectivity index (χ3v) is 6.33. The Kier molecular flexibility index (Phi) is 6.28. The van der Waals surface area contributed by atoms with Crippen molar-refractivity contribution >= 4 is 34.4 Å². The fourth-order valence-corrected chi connectivity index (χ4v) is 4.34. The number of nitrogens with zero attached hydrogens (tertiary/aromatic N) is 2. The Morgan fingerprint density at radius 2 is 1.69 bits per heavy atom. The predicted molar refractivity (Wildman–Crippen MR) is 130 cm³/mol. The molecule has 0 bridgehead atoms. The number of nitrogens with one attached hydrogen (secondary N) is 3. The van der Waals surface area contributed by atoms with Crippen LogP contribution >= 0.6 is 0 Å². The molecule has 1 fully saturated rings. The number of hydrogen-bond acceptors (Lipinski definition) is 6. The van der Waals surface area contributed by atoms with Crippen LogP contribution in [0.1, 0.15) is 17.4 Å². The highest BCUT2D eigenvalue weighted by molar-refractivity contribution is 6.03. The minimum atomic E-state index is -0.619. The molecular weight excluding hydrogens is 450 g/mol. The van der Waals surface area contributed by atoms with Gasteiger partial charge in [0.1, 0.15) is 18.9 Å². The number of urea groups is 1. The number of hydrogen-bond donors (Lipinski definition) is 3. The summed E-state index contributed by atoms with van der Waals surface area (Å²) >= 11 is 0. The summed E-state index contributed by atoms with van der Waals surface area (Å²) in [6.07, 6.45) is 0. The molecule has 3 aromatic rings. The van der Waals surface area contributed by atoms with E-state index in [2.05, 4.69) is 15.6 Å². The highest BCUT2D eigenvalue weighted by Crippen LogP contribution is 2.32. The number of piperazine rings is 1. The monoisotopic (exact) mass is 477 g/mol. The van der Waals surface area contributed by atoms with Gasteiger partial charge >= 0.3 is 6.03 Å². The van der Waals surface area contributed by atoms with E-state index in [0.717, 1.165) is 10.9 Å². The number of aromatic amines is 1. The Hall–Kier alpha value is -4.05. The van der Waals surface area contributed by atoms with E-state index < -0.39 is 18.0 Å². The minimum Gasteiger partial charge on any atom is -0.486 e. The van der Waals surface area contributed by atoms with Crippen molar-refractivity contribution < 1.29 is 23.9 Å². The molecule has 35 heavy (non-hydrogen) atoms. The Balaban J connectivity index is 1.12. The van der Waals surface area contributed by atoms with Crippen LogP contribution in [0.15, 0.2) is 48.5 Å². The number of H-pyrrole nitrogens is 1. The van der Waals surface area contributed by atoms with Crippen molar-refractivity contribution in [2.24, 2.45) is 0 Å². The second-order valence-corrected chi connectivity index (χ2v) is 8.58. The summed E-state index contributed by atoms with van der Waals surface area (Å²) in [6, 6.07) is 13.5. The maximum atomic E-state index is 12.9. The van der Waals surface area contributed by atoms with E-state index in [9.17, 15) is 14.4 Å². The van der Waals surface area contributed by atoms with E-state index in [1.165, 1.54) is 0 Å². The second kappa shape index (κ2) is 9.67. The molecule has 2 aliphatic heterocycles. The molecule has 182 valence electrons. The molecular formula is C25H27N5O5. The van der Waals surface area contributed by atoms with Gasteiger partial charge in [0.2, 0.25) is 5.91 Å². The molecule has 10 nitrogen and oxygen atoms in total. The number of anilines is 1. The fraction of sp³-hybridized carbons (Fsp3) is 0.320. The first kappa shape index (κ1) is 22.7. The lowest BCUT2D eigenvalue weighted by molar-refractivity contribution is -0.125. The van der Waals surface area contributed by atoms with Crippen molar-refractivity contribution in [1.82, 2.24) is 20.1 Å². The van der Waals surface area contributed by atoms with Crippen molar-refractivity contribution in [1.29, 1.82) is 0 Å². The van der Waals surface area contributed by atoms with Gasteiger partial charge in [-0.3, -0.25) is 19.8 Å². The number of aromatic nitrogens is 1. The molecule has 2 aliphatic rings. The zero-order chi connectivity index (χ0) is 24.4. The van der Waals surface area contributed by atoms with Crippen LogP contribution in [0.25, 0.3) is 10.9 Å². The van der Waals surface area contributed by atoms with Crippen LogP contribution in [-0.4, -0.2) is 78.1 Å². The largest absolute Gasteiger partial charge is 0.486 e. The van der Waals surface area contributed by atoms with Crippen LogP contribution in [0.5, 0.6) is 11.5 Å². The summed E-state index contributed by atoms with van der Waals surface area (Å²) in [6.45, 7) is 4.73. The molecule has 0 spiro atoms. The summed E-state index contributed by atoms with van der Waals surface area (Å²) in [5.41, 5.74) is 1.98. The fourth-order valence-electron chi connectivity index (χ4n) is 4.34. The topological polar surface area (TPSA) is 116 Å². The van der Waals surface area contributed by atoms with Crippen LogP contribution in [0.4, 0.5) is 10.5 Å². The standard InChI is InChI=1S/C25H27N5O5/c1-16(23(31)28-25(33)26-18-6-7-21-22(15-18)35-13-12-34-21)29-8-10-30(11-9-29)24(32)20-14-17-4-2-3-5-19(17)27-20/h2-7,14-16,27H,8-13H2,1H3,(H2,26,28,31,33). The molecule has 3 N–H and O–H groups in total. The summed E-state index contributed by atoms with van der Waals surface area (Å²) in [5.74, 6) is 0.704. The lowest BCUT2D eigenvalue weighted by Gasteiger charge is -2.37. The van der Waals surface area contributed by atoms with Crippen molar-refractivity contribution in [2.45, 2.75) is 13.0 Å². The molecule has 0 aliphatic carbocycles. The van der Waals surface area contributed by atoms with Crippen LogP contribution in [-0.2, 0) is 4.79 Å². The van der Waals surface area contributed by atoms with Gasteiger partial charge in [-0.25, -0.2) is 4.79 Å². The van der Waals surface area contributed by atoms with Crippen molar-refractivity contribution in [2.75, 3.05) is 44.7 Å². The number of imide groups is 1. The van der Waals surface area contributed by atoms with E-state index in [4.69, 9.17) is 9.47 Å². The Bertz CT molecular complexity index is 1230. The zero-order valence-corrected chi connectivity index (χ0v) is 19.4. The molecule has 3 heterocycles. The third-order valence-electron chi connectivity index (χ3n) is 6.33. The maximum absolute atomic E-state index is 12.9. The van der Waals surface area contributed by atoms with E-state index in [1.807, 2.05) is 35.2 Å². The third kappa shape index (κ3) is 4.92. The van der Waals surface area contributed by atoms with E-state index in [0.29, 0.717) is 62.3 Å². The maximum Gasteiger partial charge on any atom is 0.325 e. The van der Waals surface area contributed by atoms with Crippen LogP contribution < -0.4 is 20.1 Å². The quantitative estimate of drug-likeness (QED) is 0.532. The average molecular weight is 478 g/mol. The first-order valence-electron chi connectivity index (χ1n) is 11.6. The molecule has 1 saturated heterocycles. The molecule has 5 rings (SSSR count). The molecule has 0 saturated carbocycles. The molecule has 10 heteroatoms. The van der Waals surface area contributed by atoms with Gasteiger partial charge < -0.3 is 24.7 Å². The number of carbonyl (C=O) groups excluding carboxylic acids is 3. The van der Waals surface area contributed by atoms with Gasteiger partial charge in [0, 0.05) is 48.8 Å². The Morgan fingerprint density at radius 1 is 0.943 bits per heavy atom. The first-order valence-corrected chi connectivity index (χ1v) is 11.6. The summed E-state index contributed by atoms with van der Waals surface area (Å²) < 4.78 is 11.0. The summed E-state index contributed by atoms with van der Waals surface area (Å²) in [5, 5.41) is 6.04. The lowest BCUT2D eigenvalue weighted by Crippen LogP contribution is -2.55.